The van der Waals surface area contributed by atoms with Crippen LogP contribution in [0.15, 0.2) is 66.7 Å². The number of nitrogens with zero attached hydrogens (tertiary/aromatic N) is 1. The van der Waals surface area contributed by atoms with Crippen LogP contribution < -0.4 is 10.2 Å². The highest BCUT2D eigenvalue weighted by Crippen LogP contribution is 2.26. The van der Waals surface area contributed by atoms with Gasteiger partial charge >= 0.3 is 5.97 Å². The monoisotopic (exact) mass is 408 g/mol. The van der Waals surface area contributed by atoms with Crippen molar-refractivity contribution in [1.29, 1.82) is 0 Å². The minimum atomic E-state index is -1.19. The summed E-state index contributed by atoms with van der Waals surface area (Å²) in [5.41, 5.74) is 2.53. The number of ketones is 1. The molecule has 0 aliphatic carbocycles. The van der Waals surface area contributed by atoms with Crippen LogP contribution in [0.25, 0.3) is 0 Å². The van der Waals surface area contributed by atoms with E-state index in [1.54, 1.807) is 36.4 Å². The second kappa shape index (κ2) is 8.58. The number of rotatable bonds is 7. The van der Waals surface area contributed by atoms with Gasteiger partial charge in [0.2, 0.25) is 6.41 Å². The van der Waals surface area contributed by atoms with Crippen molar-refractivity contribution in [2.75, 3.05) is 17.3 Å². The van der Waals surface area contributed by atoms with Crippen molar-refractivity contribution in [3.8, 4) is 0 Å². The van der Waals surface area contributed by atoms with Gasteiger partial charge in [-0.1, -0.05) is 11.6 Å². The SMILES string of the molecule is CN(c1ccc(Cl)cc1)c1ccc(C(=O)c2cc(NC=O)cc(C(=O)O)c2)cc1. The molecule has 0 aliphatic rings. The van der Waals surface area contributed by atoms with E-state index in [0.29, 0.717) is 17.0 Å². The molecule has 0 aliphatic heterocycles. The summed E-state index contributed by atoms with van der Waals surface area (Å²) < 4.78 is 0. The lowest BCUT2D eigenvalue weighted by Crippen LogP contribution is -2.10. The molecule has 3 aromatic rings. The maximum Gasteiger partial charge on any atom is 0.335 e. The molecular formula is C22H17ClN2O4. The quantitative estimate of drug-likeness (QED) is 0.440. The van der Waals surface area contributed by atoms with Crippen LogP contribution in [-0.2, 0) is 4.79 Å². The van der Waals surface area contributed by atoms with Gasteiger partial charge in [0, 0.05) is 40.3 Å². The number of aromatic carboxylic acids is 1. The lowest BCUT2D eigenvalue weighted by Gasteiger charge is -2.19. The number of carboxylic acids is 1. The first kappa shape index (κ1) is 20.1. The molecule has 3 aromatic carbocycles. The smallest absolute Gasteiger partial charge is 0.335 e. The fraction of sp³-hybridized carbons (Fsp3) is 0.0455. The largest absolute Gasteiger partial charge is 0.478 e. The third kappa shape index (κ3) is 4.62. The summed E-state index contributed by atoms with van der Waals surface area (Å²) in [6, 6.07) is 18.3. The van der Waals surface area contributed by atoms with Gasteiger partial charge in [0.15, 0.2) is 5.78 Å². The topological polar surface area (TPSA) is 86.7 Å². The predicted octanol–water partition coefficient (Wildman–Crippen LogP) is 4.61. The summed E-state index contributed by atoms with van der Waals surface area (Å²) in [6.45, 7) is 0. The highest BCUT2D eigenvalue weighted by Gasteiger charge is 2.15. The van der Waals surface area contributed by atoms with Crippen LogP contribution in [-0.4, -0.2) is 30.3 Å². The highest BCUT2D eigenvalue weighted by atomic mass is 35.5. The van der Waals surface area contributed by atoms with Gasteiger partial charge in [-0.2, -0.15) is 0 Å². The number of carbonyl (C=O) groups excluding carboxylic acids is 2. The van der Waals surface area contributed by atoms with E-state index in [4.69, 9.17) is 11.6 Å². The lowest BCUT2D eigenvalue weighted by molar-refractivity contribution is -0.105. The first-order valence-electron chi connectivity index (χ1n) is 8.61. The minimum absolute atomic E-state index is 0.0840. The zero-order valence-electron chi connectivity index (χ0n) is 15.4. The molecule has 0 aromatic heterocycles. The Hall–Kier alpha value is -3.64. The van der Waals surface area contributed by atoms with Crippen molar-refractivity contribution in [2.24, 2.45) is 0 Å². The van der Waals surface area contributed by atoms with Crippen LogP contribution in [0.5, 0.6) is 0 Å². The number of amides is 1. The summed E-state index contributed by atoms with van der Waals surface area (Å²) in [5.74, 6) is -1.53. The van der Waals surface area contributed by atoms with E-state index in [9.17, 15) is 19.5 Å². The predicted molar refractivity (Wildman–Crippen MR) is 112 cm³/mol. The van der Waals surface area contributed by atoms with Crippen molar-refractivity contribution in [2.45, 2.75) is 0 Å². The zero-order valence-corrected chi connectivity index (χ0v) is 16.2. The molecule has 0 fully saturated rings. The van der Waals surface area contributed by atoms with E-state index >= 15 is 0 Å². The van der Waals surface area contributed by atoms with Crippen molar-refractivity contribution in [3.63, 3.8) is 0 Å². The second-order valence-corrected chi connectivity index (χ2v) is 6.71. The Morgan fingerprint density at radius 3 is 2.00 bits per heavy atom. The summed E-state index contributed by atoms with van der Waals surface area (Å²) in [4.78, 5) is 36.8. The van der Waals surface area contributed by atoms with Gasteiger partial charge in [0.25, 0.3) is 0 Å². The number of nitrogens with one attached hydrogen (secondary N) is 1. The summed E-state index contributed by atoms with van der Waals surface area (Å²) >= 11 is 5.92. The van der Waals surface area contributed by atoms with Gasteiger partial charge < -0.3 is 15.3 Å². The fourth-order valence-electron chi connectivity index (χ4n) is 2.85. The Bertz CT molecular complexity index is 1060. The van der Waals surface area contributed by atoms with Crippen LogP contribution in [0.4, 0.5) is 17.1 Å². The normalized spacial score (nSPS) is 10.3. The molecule has 0 heterocycles. The van der Waals surface area contributed by atoms with E-state index in [0.717, 1.165) is 11.4 Å². The van der Waals surface area contributed by atoms with Crippen molar-refractivity contribution < 1.29 is 19.5 Å². The molecule has 6 nitrogen and oxygen atoms in total. The molecule has 0 radical (unpaired) electrons. The summed E-state index contributed by atoms with van der Waals surface area (Å²) in [5, 5.41) is 12.3. The van der Waals surface area contributed by atoms with Crippen LogP contribution in [0, 0.1) is 0 Å². The number of anilines is 3. The van der Waals surface area contributed by atoms with Crippen molar-refractivity contribution in [1.82, 2.24) is 0 Å². The van der Waals surface area contributed by atoms with Gasteiger partial charge in [0.05, 0.1) is 5.56 Å². The maximum atomic E-state index is 12.8. The van der Waals surface area contributed by atoms with E-state index in [-0.39, 0.29) is 22.6 Å². The Balaban J connectivity index is 1.87. The molecule has 3 rings (SSSR count). The third-order valence-electron chi connectivity index (χ3n) is 4.40. The first-order valence-corrected chi connectivity index (χ1v) is 8.99. The molecule has 0 bridgehead atoms. The van der Waals surface area contributed by atoms with Gasteiger partial charge in [-0.05, 0) is 66.7 Å². The van der Waals surface area contributed by atoms with Crippen LogP contribution in [0.1, 0.15) is 26.3 Å². The number of halogens is 1. The van der Waals surface area contributed by atoms with Gasteiger partial charge in [0.1, 0.15) is 0 Å². The maximum absolute atomic E-state index is 12.8. The highest BCUT2D eigenvalue weighted by molar-refractivity contribution is 6.30. The molecular weight excluding hydrogens is 392 g/mol. The van der Waals surface area contributed by atoms with Gasteiger partial charge in [-0.3, -0.25) is 9.59 Å². The van der Waals surface area contributed by atoms with Gasteiger partial charge in [-0.25, -0.2) is 4.79 Å². The Kier molecular flexibility index (Phi) is 5.95. The number of carboxylic acid groups (broad SMARTS) is 1. The van der Waals surface area contributed by atoms with Crippen LogP contribution in [0.3, 0.4) is 0 Å². The van der Waals surface area contributed by atoms with E-state index < -0.39 is 5.97 Å². The van der Waals surface area contributed by atoms with E-state index in [2.05, 4.69) is 5.32 Å². The molecule has 2 N–H and O–H groups in total. The molecule has 146 valence electrons. The van der Waals surface area contributed by atoms with Crippen molar-refractivity contribution >= 4 is 46.8 Å². The number of hydrogen-bond acceptors (Lipinski definition) is 4. The molecule has 29 heavy (non-hydrogen) atoms. The Morgan fingerprint density at radius 2 is 1.45 bits per heavy atom. The van der Waals surface area contributed by atoms with Crippen molar-refractivity contribution in [3.05, 3.63) is 88.4 Å². The zero-order chi connectivity index (χ0) is 21.0. The molecule has 1 amide bonds. The minimum Gasteiger partial charge on any atom is -0.478 e. The van der Waals surface area contributed by atoms with Crippen LogP contribution in [0.2, 0.25) is 5.02 Å². The average Bonchev–Trinajstić information content (AvgIpc) is 2.73. The molecule has 0 spiro atoms. The average molecular weight is 409 g/mol. The number of carbonyl (C=O) groups is 3. The summed E-state index contributed by atoms with van der Waals surface area (Å²) in [7, 11) is 1.90. The molecule has 0 unspecified atom stereocenters. The Labute approximate surface area is 172 Å². The number of hydrogen-bond donors (Lipinski definition) is 2. The summed E-state index contributed by atoms with van der Waals surface area (Å²) in [6.07, 6.45) is 0.427. The lowest BCUT2D eigenvalue weighted by atomic mass is 10.00. The second-order valence-electron chi connectivity index (χ2n) is 6.28. The molecule has 7 heteroatoms. The molecule has 0 saturated carbocycles. The molecule has 0 saturated heterocycles. The van der Waals surface area contributed by atoms with Gasteiger partial charge in [-0.15, -0.1) is 0 Å². The van der Waals surface area contributed by atoms with Crippen LogP contribution >= 0.6 is 11.6 Å². The number of benzene rings is 3. The van der Waals surface area contributed by atoms with E-state index in [1.807, 2.05) is 24.1 Å². The molecule has 0 atom stereocenters. The standard InChI is InChI=1S/C22H17ClN2O4/c1-25(20-8-4-17(23)5-9-20)19-6-2-14(3-7-19)21(27)15-10-16(22(28)29)12-18(11-15)24-13-26/h2-13H,1H3,(H,24,26)(H,28,29). The van der Waals surface area contributed by atoms with E-state index in [1.165, 1.54) is 18.2 Å². The first-order chi connectivity index (χ1) is 13.9. The fourth-order valence-corrected chi connectivity index (χ4v) is 2.98. The Morgan fingerprint density at radius 1 is 0.897 bits per heavy atom. The third-order valence-corrected chi connectivity index (χ3v) is 4.65.